The van der Waals surface area contributed by atoms with Crippen LogP contribution in [-0.4, -0.2) is 21.8 Å². The average molecular weight is 231 g/mol. The first-order valence-corrected chi connectivity index (χ1v) is 5.47. The molecule has 0 spiro atoms. The molecule has 1 aromatic heterocycles. The summed E-state index contributed by atoms with van der Waals surface area (Å²) in [5.74, 6) is 0.196. The standard InChI is InChI=1S/C11H13N5O/c1-7-2-3-8(17-7)6-16-10(5-13)9(4-12)15-11(16)14/h7-8H,2-3,6H2,1H3,(H2,14,15). The predicted octanol–water partition coefficient (Wildman–Crippen LogP) is 0.776. The van der Waals surface area contributed by atoms with Gasteiger partial charge in [0.25, 0.3) is 0 Å². The fourth-order valence-corrected chi connectivity index (χ4v) is 2.07. The molecule has 1 aliphatic heterocycles. The summed E-state index contributed by atoms with van der Waals surface area (Å²) in [4.78, 5) is 3.86. The lowest BCUT2D eigenvalue weighted by Crippen LogP contribution is -2.19. The Labute approximate surface area is 99.2 Å². The summed E-state index contributed by atoms with van der Waals surface area (Å²) in [5, 5.41) is 17.8. The van der Waals surface area contributed by atoms with Gasteiger partial charge in [-0.2, -0.15) is 10.5 Å². The zero-order valence-corrected chi connectivity index (χ0v) is 9.55. The van der Waals surface area contributed by atoms with Crippen LogP contribution in [-0.2, 0) is 11.3 Å². The van der Waals surface area contributed by atoms with E-state index in [1.165, 1.54) is 0 Å². The minimum Gasteiger partial charge on any atom is -0.373 e. The van der Waals surface area contributed by atoms with Crippen LogP contribution < -0.4 is 5.73 Å². The van der Waals surface area contributed by atoms with E-state index in [-0.39, 0.29) is 29.5 Å². The fraction of sp³-hybridized carbons (Fsp3) is 0.545. The van der Waals surface area contributed by atoms with E-state index in [0.717, 1.165) is 12.8 Å². The molecule has 2 unspecified atom stereocenters. The van der Waals surface area contributed by atoms with Gasteiger partial charge in [0, 0.05) is 0 Å². The van der Waals surface area contributed by atoms with Crippen LogP contribution in [0.25, 0.3) is 0 Å². The molecule has 0 radical (unpaired) electrons. The van der Waals surface area contributed by atoms with E-state index in [1.54, 1.807) is 4.57 Å². The van der Waals surface area contributed by atoms with Crippen molar-refractivity contribution in [1.82, 2.24) is 9.55 Å². The number of nitrogens with two attached hydrogens (primary N) is 1. The molecule has 2 heterocycles. The van der Waals surface area contributed by atoms with Crippen LogP contribution in [0, 0.1) is 22.7 Å². The minimum absolute atomic E-state index is 0.0418. The Bertz CT molecular complexity index is 507. The molecule has 0 bridgehead atoms. The predicted molar refractivity (Wildman–Crippen MR) is 59.6 cm³/mol. The van der Waals surface area contributed by atoms with Crippen LogP contribution in [0.1, 0.15) is 31.2 Å². The number of rotatable bonds is 2. The lowest BCUT2D eigenvalue weighted by molar-refractivity contribution is 0.0460. The fourth-order valence-electron chi connectivity index (χ4n) is 2.07. The third-order valence-electron chi connectivity index (χ3n) is 2.92. The van der Waals surface area contributed by atoms with Crippen LogP contribution in [0.5, 0.6) is 0 Å². The van der Waals surface area contributed by atoms with Gasteiger partial charge in [-0.25, -0.2) is 4.98 Å². The molecule has 0 aromatic carbocycles. The second kappa shape index (κ2) is 4.44. The SMILES string of the molecule is CC1CCC(Cn2c(N)nc(C#N)c2C#N)O1. The number of imidazole rings is 1. The maximum atomic E-state index is 9.01. The molecule has 88 valence electrons. The molecule has 1 saturated heterocycles. The Morgan fingerprint density at radius 2 is 2.24 bits per heavy atom. The van der Waals surface area contributed by atoms with Gasteiger partial charge in [-0.3, -0.25) is 4.57 Å². The van der Waals surface area contributed by atoms with Crippen molar-refractivity contribution < 1.29 is 4.74 Å². The summed E-state index contributed by atoms with van der Waals surface area (Å²) >= 11 is 0. The second-order valence-corrected chi connectivity index (χ2v) is 4.15. The minimum atomic E-state index is 0.0418. The van der Waals surface area contributed by atoms with Crippen LogP contribution in [0.3, 0.4) is 0 Å². The van der Waals surface area contributed by atoms with E-state index >= 15 is 0 Å². The third kappa shape index (κ3) is 2.08. The van der Waals surface area contributed by atoms with Gasteiger partial charge in [0.15, 0.2) is 11.4 Å². The molecule has 2 N–H and O–H groups in total. The van der Waals surface area contributed by atoms with Crippen molar-refractivity contribution in [1.29, 1.82) is 10.5 Å². The Morgan fingerprint density at radius 3 is 2.76 bits per heavy atom. The van der Waals surface area contributed by atoms with Crippen LogP contribution >= 0.6 is 0 Å². The quantitative estimate of drug-likeness (QED) is 0.810. The highest BCUT2D eigenvalue weighted by molar-refractivity contribution is 5.43. The molecule has 1 aromatic rings. The van der Waals surface area contributed by atoms with Crippen molar-refractivity contribution >= 4 is 5.95 Å². The Morgan fingerprint density at radius 1 is 1.47 bits per heavy atom. The summed E-state index contributed by atoms with van der Waals surface area (Å²) in [6.07, 6.45) is 2.23. The molecule has 0 aliphatic carbocycles. The topological polar surface area (TPSA) is 101 Å². The van der Waals surface area contributed by atoms with Crippen molar-refractivity contribution in [3.8, 4) is 12.1 Å². The molecule has 2 rings (SSSR count). The number of hydrogen-bond acceptors (Lipinski definition) is 5. The number of anilines is 1. The zero-order valence-electron chi connectivity index (χ0n) is 9.55. The maximum Gasteiger partial charge on any atom is 0.202 e. The van der Waals surface area contributed by atoms with Crippen molar-refractivity contribution in [2.75, 3.05) is 5.73 Å². The van der Waals surface area contributed by atoms with Gasteiger partial charge in [0.2, 0.25) is 5.95 Å². The van der Waals surface area contributed by atoms with Gasteiger partial charge in [-0.15, -0.1) is 0 Å². The first kappa shape index (κ1) is 11.4. The van der Waals surface area contributed by atoms with Gasteiger partial charge in [-0.05, 0) is 19.8 Å². The van der Waals surface area contributed by atoms with E-state index in [4.69, 9.17) is 21.0 Å². The molecule has 6 nitrogen and oxygen atoms in total. The smallest absolute Gasteiger partial charge is 0.202 e. The van der Waals surface area contributed by atoms with Crippen LogP contribution in [0.4, 0.5) is 5.95 Å². The lowest BCUT2D eigenvalue weighted by Gasteiger charge is -2.13. The van der Waals surface area contributed by atoms with E-state index in [1.807, 2.05) is 19.1 Å². The number of ether oxygens (including phenoxy) is 1. The normalized spacial score (nSPS) is 23.2. The molecule has 1 aliphatic rings. The van der Waals surface area contributed by atoms with Gasteiger partial charge >= 0.3 is 0 Å². The molecule has 6 heteroatoms. The molecular weight excluding hydrogens is 218 g/mol. The summed E-state index contributed by atoms with van der Waals surface area (Å²) in [6.45, 7) is 2.50. The highest BCUT2D eigenvalue weighted by Gasteiger charge is 2.25. The highest BCUT2D eigenvalue weighted by Crippen LogP contribution is 2.22. The Kier molecular flexibility index (Phi) is 2.99. The number of hydrogen-bond donors (Lipinski definition) is 1. The lowest BCUT2D eigenvalue weighted by atomic mass is 10.2. The molecular formula is C11H13N5O. The molecule has 0 saturated carbocycles. The number of nitriles is 2. The van der Waals surface area contributed by atoms with Crippen molar-refractivity contribution in [3.05, 3.63) is 11.4 Å². The summed E-state index contributed by atoms with van der Waals surface area (Å²) in [5.41, 5.74) is 6.00. The van der Waals surface area contributed by atoms with E-state index in [0.29, 0.717) is 6.54 Å². The van der Waals surface area contributed by atoms with Gasteiger partial charge in [0.1, 0.15) is 12.1 Å². The zero-order chi connectivity index (χ0) is 12.4. The van der Waals surface area contributed by atoms with Crippen molar-refractivity contribution in [2.24, 2.45) is 0 Å². The Balaban J connectivity index is 2.24. The maximum absolute atomic E-state index is 9.01. The van der Waals surface area contributed by atoms with Crippen molar-refractivity contribution in [3.63, 3.8) is 0 Å². The van der Waals surface area contributed by atoms with Crippen LogP contribution in [0.2, 0.25) is 0 Å². The van der Waals surface area contributed by atoms with E-state index < -0.39 is 0 Å². The molecule has 1 fully saturated rings. The van der Waals surface area contributed by atoms with Gasteiger partial charge < -0.3 is 10.5 Å². The van der Waals surface area contributed by atoms with E-state index in [9.17, 15) is 0 Å². The van der Waals surface area contributed by atoms with Crippen molar-refractivity contribution in [2.45, 2.75) is 38.5 Å². The van der Waals surface area contributed by atoms with Gasteiger partial charge in [0.05, 0.1) is 18.8 Å². The molecule has 17 heavy (non-hydrogen) atoms. The summed E-state index contributed by atoms with van der Waals surface area (Å²) in [6, 6.07) is 3.83. The highest BCUT2D eigenvalue weighted by atomic mass is 16.5. The van der Waals surface area contributed by atoms with Crippen LogP contribution in [0.15, 0.2) is 0 Å². The summed E-state index contributed by atoms with van der Waals surface area (Å²) < 4.78 is 7.22. The monoisotopic (exact) mass is 231 g/mol. The number of nitrogens with zero attached hydrogens (tertiary/aromatic N) is 4. The largest absolute Gasteiger partial charge is 0.373 e. The van der Waals surface area contributed by atoms with E-state index in [2.05, 4.69) is 4.98 Å². The average Bonchev–Trinajstić information content (AvgIpc) is 2.84. The number of aromatic nitrogens is 2. The first-order chi connectivity index (χ1) is 8.15. The van der Waals surface area contributed by atoms with Gasteiger partial charge in [-0.1, -0.05) is 0 Å². The second-order valence-electron chi connectivity index (χ2n) is 4.15. The first-order valence-electron chi connectivity index (χ1n) is 5.47. The summed E-state index contributed by atoms with van der Waals surface area (Å²) in [7, 11) is 0. The Hall–Kier alpha value is -2.05. The molecule has 2 atom stereocenters. The number of nitrogen functional groups attached to an aromatic ring is 1. The third-order valence-corrected chi connectivity index (χ3v) is 2.92. The molecule has 0 amide bonds.